The number of amides is 1. The van der Waals surface area contributed by atoms with Gasteiger partial charge in [-0.25, -0.2) is 13.8 Å². The zero-order chi connectivity index (χ0) is 19.5. The normalized spacial score (nSPS) is 13.4. The summed E-state index contributed by atoms with van der Waals surface area (Å²) in [6.45, 7) is 0.723. The Morgan fingerprint density at radius 2 is 1.96 bits per heavy atom. The lowest BCUT2D eigenvalue weighted by Crippen LogP contribution is -2.25. The van der Waals surface area contributed by atoms with Gasteiger partial charge in [-0.05, 0) is 55.2 Å². The molecule has 1 heterocycles. The molecular weight excluding hydrogens is 382 g/mol. The van der Waals surface area contributed by atoms with Crippen LogP contribution < -0.4 is 10.1 Å². The second-order valence-electron chi connectivity index (χ2n) is 6.74. The summed E-state index contributed by atoms with van der Waals surface area (Å²) in [5.41, 5.74) is 1.58. The minimum Gasteiger partial charge on any atom is -0.489 e. The van der Waals surface area contributed by atoms with Crippen LogP contribution in [0.1, 0.15) is 28.9 Å². The Morgan fingerprint density at radius 1 is 1.18 bits per heavy atom. The fraction of sp³-hybridized carbons (Fsp3) is 0.238. The highest BCUT2D eigenvalue weighted by Gasteiger charge is 2.22. The molecule has 1 amide bonds. The van der Waals surface area contributed by atoms with Crippen molar-refractivity contribution in [2.24, 2.45) is 5.92 Å². The average Bonchev–Trinajstić information content (AvgIpc) is 3.39. The largest absolute Gasteiger partial charge is 0.489 e. The van der Waals surface area contributed by atoms with E-state index in [1.165, 1.54) is 36.3 Å². The Hall–Kier alpha value is -2.80. The molecule has 28 heavy (non-hydrogen) atoms. The van der Waals surface area contributed by atoms with Crippen LogP contribution in [0, 0.1) is 17.6 Å². The minimum atomic E-state index is -0.633. The zero-order valence-corrected chi connectivity index (χ0v) is 15.8. The van der Waals surface area contributed by atoms with Crippen LogP contribution in [-0.2, 0) is 6.61 Å². The van der Waals surface area contributed by atoms with Crippen molar-refractivity contribution in [1.82, 2.24) is 10.3 Å². The highest BCUT2D eigenvalue weighted by molar-refractivity contribution is 7.13. The number of carbonyl (C=O) groups excluding carboxylic acids is 1. The summed E-state index contributed by atoms with van der Waals surface area (Å²) in [6, 6.07) is 10.6. The second kappa shape index (κ2) is 8.06. The van der Waals surface area contributed by atoms with Gasteiger partial charge in [0.2, 0.25) is 0 Å². The lowest BCUT2D eigenvalue weighted by Gasteiger charge is -2.07. The maximum absolute atomic E-state index is 13.6. The number of thiazole rings is 1. The van der Waals surface area contributed by atoms with Crippen molar-refractivity contribution in [2.75, 3.05) is 6.54 Å². The maximum Gasteiger partial charge on any atom is 0.270 e. The highest BCUT2D eigenvalue weighted by atomic mass is 32.1. The quantitative estimate of drug-likeness (QED) is 0.619. The highest BCUT2D eigenvalue weighted by Crippen LogP contribution is 2.28. The van der Waals surface area contributed by atoms with Gasteiger partial charge in [-0.2, -0.15) is 0 Å². The zero-order valence-electron chi connectivity index (χ0n) is 15.0. The van der Waals surface area contributed by atoms with Crippen LogP contribution in [0.3, 0.4) is 0 Å². The van der Waals surface area contributed by atoms with Gasteiger partial charge in [0.25, 0.3) is 5.91 Å². The number of hydrogen-bond acceptors (Lipinski definition) is 4. The smallest absolute Gasteiger partial charge is 0.270 e. The Labute approximate surface area is 165 Å². The van der Waals surface area contributed by atoms with Gasteiger partial charge in [0.1, 0.15) is 34.7 Å². The Morgan fingerprint density at radius 3 is 2.68 bits per heavy atom. The molecule has 1 aliphatic rings. The molecule has 4 rings (SSSR count). The molecule has 1 saturated carbocycles. The molecule has 0 aliphatic heterocycles. The molecule has 1 aliphatic carbocycles. The van der Waals surface area contributed by atoms with Gasteiger partial charge in [0, 0.05) is 29.1 Å². The van der Waals surface area contributed by atoms with E-state index < -0.39 is 11.6 Å². The number of halogens is 2. The van der Waals surface area contributed by atoms with E-state index in [9.17, 15) is 13.6 Å². The molecule has 1 N–H and O–H groups in total. The van der Waals surface area contributed by atoms with Crippen molar-refractivity contribution in [2.45, 2.75) is 19.4 Å². The fourth-order valence-corrected chi connectivity index (χ4v) is 3.46. The van der Waals surface area contributed by atoms with Crippen LogP contribution in [0.25, 0.3) is 10.6 Å². The molecule has 2 aromatic carbocycles. The van der Waals surface area contributed by atoms with Crippen LogP contribution >= 0.6 is 11.3 Å². The SMILES string of the molecule is O=C(NCC1CC1)c1csc(-c2ccc(OCc3ccc(F)cc3F)cc2)n1. The summed E-state index contributed by atoms with van der Waals surface area (Å²) in [4.78, 5) is 16.5. The van der Waals surface area contributed by atoms with Gasteiger partial charge in [0.15, 0.2) is 0 Å². The molecule has 1 aromatic heterocycles. The van der Waals surface area contributed by atoms with E-state index >= 15 is 0 Å². The van der Waals surface area contributed by atoms with Gasteiger partial charge in [-0.15, -0.1) is 11.3 Å². The molecule has 0 atom stereocenters. The first-order valence-corrected chi connectivity index (χ1v) is 9.87. The maximum atomic E-state index is 13.6. The van der Waals surface area contributed by atoms with Crippen LogP contribution in [0.15, 0.2) is 47.8 Å². The second-order valence-corrected chi connectivity index (χ2v) is 7.60. The molecule has 0 radical (unpaired) electrons. The molecule has 1 fully saturated rings. The van der Waals surface area contributed by atoms with E-state index in [-0.39, 0.29) is 18.1 Å². The third-order valence-corrected chi connectivity index (χ3v) is 5.39. The summed E-state index contributed by atoms with van der Waals surface area (Å²) >= 11 is 1.40. The van der Waals surface area contributed by atoms with Crippen molar-refractivity contribution in [3.05, 3.63) is 70.7 Å². The minimum absolute atomic E-state index is 0.00796. The van der Waals surface area contributed by atoms with Gasteiger partial charge in [-0.1, -0.05) is 0 Å². The molecule has 7 heteroatoms. The van der Waals surface area contributed by atoms with Crippen LogP contribution in [-0.4, -0.2) is 17.4 Å². The lowest BCUT2D eigenvalue weighted by atomic mass is 10.2. The third-order valence-electron chi connectivity index (χ3n) is 4.50. The van der Waals surface area contributed by atoms with E-state index in [2.05, 4.69) is 10.3 Å². The first-order chi connectivity index (χ1) is 13.6. The van der Waals surface area contributed by atoms with Gasteiger partial charge in [0.05, 0.1) is 0 Å². The predicted molar refractivity (Wildman–Crippen MR) is 103 cm³/mol. The number of rotatable bonds is 7. The molecule has 0 spiro atoms. The van der Waals surface area contributed by atoms with Gasteiger partial charge < -0.3 is 10.1 Å². The van der Waals surface area contributed by atoms with E-state index in [0.717, 1.165) is 16.6 Å². The number of hydrogen-bond donors (Lipinski definition) is 1. The molecule has 144 valence electrons. The van der Waals surface area contributed by atoms with Crippen molar-refractivity contribution < 1.29 is 18.3 Å². The Bertz CT molecular complexity index is 984. The molecule has 4 nitrogen and oxygen atoms in total. The lowest BCUT2D eigenvalue weighted by molar-refractivity contribution is 0.0947. The van der Waals surface area contributed by atoms with Gasteiger partial charge >= 0.3 is 0 Å². The molecule has 3 aromatic rings. The van der Waals surface area contributed by atoms with E-state index in [4.69, 9.17) is 4.74 Å². The summed E-state index contributed by atoms with van der Waals surface area (Å²) < 4.78 is 32.2. The van der Waals surface area contributed by atoms with Crippen LogP contribution in [0.2, 0.25) is 0 Å². The summed E-state index contributed by atoms with van der Waals surface area (Å²) in [7, 11) is 0. The standard InChI is InChI=1S/C21H18F2N2O2S/c22-16-6-3-15(18(23)9-16)11-27-17-7-4-14(5-8-17)21-25-19(12-28-21)20(26)24-10-13-1-2-13/h3-9,12-13H,1-2,10-11H2,(H,24,26). The first kappa shape index (κ1) is 18.6. The number of nitrogens with one attached hydrogen (secondary N) is 1. The van der Waals surface area contributed by atoms with Gasteiger partial charge in [-0.3, -0.25) is 4.79 Å². The molecular formula is C21H18F2N2O2S. The fourth-order valence-electron chi connectivity index (χ4n) is 2.65. The predicted octanol–water partition coefficient (Wildman–Crippen LogP) is 4.81. The van der Waals surface area contributed by atoms with Crippen LogP contribution in [0.5, 0.6) is 5.75 Å². The van der Waals surface area contributed by atoms with Crippen molar-refractivity contribution in [3.63, 3.8) is 0 Å². The number of aromatic nitrogens is 1. The number of carbonyl (C=O) groups is 1. The Kier molecular flexibility index (Phi) is 5.34. The number of ether oxygens (including phenoxy) is 1. The summed E-state index contributed by atoms with van der Waals surface area (Å²) in [5, 5.41) is 5.40. The van der Waals surface area contributed by atoms with Crippen molar-refractivity contribution >= 4 is 17.2 Å². The van der Waals surface area contributed by atoms with E-state index in [0.29, 0.717) is 23.9 Å². The van der Waals surface area contributed by atoms with Crippen LogP contribution in [0.4, 0.5) is 8.78 Å². The van der Waals surface area contributed by atoms with Crippen molar-refractivity contribution in [3.8, 4) is 16.3 Å². The van der Waals surface area contributed by atoms with E-state index in [1.54, 1.807) is 17.5 Å². The summed E-state index contributed by atoms with van der Waals surface area (Å²) in [6.07, 6.45) is 2.37. The first-order valence-electron chi connectivity index (χ1n) is 8.99. The molecule has 0 bridgehead atoms. The summed E-state index contributed by atoms with van der Waals surface area (Å²) in [5.74, 6) is -0.207. The number of benzene rings is 2. The number of nitrogens with zero attached hydrogens (tertiary/aromatic N) is 1. The molecule has 0 unspecified atom stereocenters. The topological polar surface area (TPSA) is 51.2 Å². The van der Waals surface area contributed by atoms with Crippen molar-refractivity contribution in [1.29, 1.82) is 0 Å². The van der Waals surface area contributed by atoms with E-state index in [1.807, 2.05) is 12.1 Å². The Balaban J connectivity index is 1.37. The monoisotopic (exact) mass is 400 g/mol. The molecule has 0 saturated heterocycles. The average molecular weight is 400 g/mol. The third kappa shape index (κ3) is 4.54.